The highest BCUT2D eigenvalue weighted by Crippen LogP contribution is 2.38. The second-order valence-corrected chi connectivity index (χ2v) is 5.15. The van der Waals surface area contributed by atoms with Crippen molar-refractivity contribution in [1.82, 2.24) is 0 Å². The second kappa shape index (κ2) is 3.31. The SMILES string of the molecule is Clc1cc(Br)cc2c1CC=C2I. The summed E-state index contributed by atoms with van der Waals surface area (Å²) in [5.41, 5.74) is 2.53. The van der Waals surface area contributed by atoms with Crippen molar-refractivity contribution in [2.24, 2.45) is 0 Å². The Bertz CT molecular complexity index is 371. The van der Waals surface area contributed by atoms with E-state index < -0.39 is 0 Å². The number of rotatable bonds is 0. The third-order valence-electron chi connectivity index (χ3n) is 1.90. The average molecular weight is 355 g/mol. The van der Waals surface area contributed by atoms with Crippen molar-refractivity contribution >= 4 is 53.7 Å². The number of allylic oxidation sites excluding steroid dienone is 1. The Morgan fingerprint density at radius 2 is 2.17 bits per heavy atom. The van der Waals surface area contributed by atoms with E-state index in [-0.39, 0.29) is 0 Å². The van der Waals surface area contributed by atoms with Crippen LogP contribution in [0.1, 0.15) is 11.1 Å². The Morgan fingerprint density at radius 3 is 2.92 bits per heavy atom. The summed E-state index contributed by atoms with van der Waals surface area (Å²) in [5, 5.41) is 0.863. The molecule has 0 bridgehead atoms. The zero-order valence-corrected chi connectivity index (χ0v) is 10.6. The Labute approximate surface area is 98.3 Å². The molecule has 62 valence electrons. The van der Waals surface area contributed by atoms with Crippen molar-refractivity contribution in [3.05, 3.63) is 38.8 Å². The smallest absolute Gasteiger partial charge is 0.0458 e. The van der Waals surface area contributed by atoms with E-state index in [1.54, 1.807) is 0 Å². The molecule has 3 heteroatoms. The van der Waals surface area contributed by atoms with Crippen LogP contribution in [0.15, 0.2) is 22.7 Å². The van der Waals surface area contributed by atoms with E-state index in [1.165, 1.54) is 14.7 Å². The molecule has 0 N–H and O–H groups in total. The van der Waals surface area contributed by atoms with Gasteiger partial charge in [-0.1, -0.05) is 33.6 Å². The molecule has 1 aliphatic carbocycles. The summed E-state index contributed by atoms with van der Waals surface area (Å²) in [6.07, 6.45) is 3.17. The van der Waals surface area contributed by atoms with Crippen molar-refractivity contribution in [1.29, 1.82) is 0 Å². The monoisotopic (exact) mass is 354 g/mol. The molecule has 0 heterocycles. The first-order valence-electron chi connectivity index (χ1n) is 3.52. The molecule has 1 aromatic carbocycles. The van der Waals surface area contributed by atoms with E-state index in [4.69, 9.17) is 11.6 Å². The van der Waals surface area contributed by atoms with Gasteiger partial charge in [0.15, 0.2) is 0 Å². The van der Waals surface area contributed by atoms with Gasteiger partial charge in [-0.25, -0.2) is 0 Å². The summed E-state index contributed by atoms with van der Waals surface area (Å²) in [6, 6.07) is 4.07. The van der Waals surface area contributed by atoms with Crippen LogP contribution in [0.25, 0.3) is 3.58 Å². The predicted octanol–water partition coefficient (Wildman–Crippen LogP) is 4.43. The molecule has 0 fully saturated rings. The highest BCUT2D eigenvalue weighted by molar-refractivity contribution is 14.1. The van der Waals surface area contributed by atoms with Crippen LogP contribution in [-0.2, 0) is 6.42 Å². The van der Waals surface area contributed by atoms with Gasteiger partial charge in [0, 0.05) is 13.1 Å². The number of benzene rings is 1. The topological polar surface area (TPSA) is 0 Å². The Kier molecular flexibility index (Phi) is 2.49. The Balaban J connectivity index is 2.67. The summed E-state index contributed by atoms with van der Waals surface area (Å²) in [5.74, 6) is 0. The second-order valence-electron chi connectivity index (χ2n) is 2.67. The Morgan fingerprint density at radius 1 is 1.42 bits per heavy atom. The van der Waals surface area contributed by atoms with Gasteiger partial charge in [0.25, 0.3) is 0 Å². The first kappa shape index (κ1) is 9.03. The van der Waals surface area contributed by atoms with Crippen molar-refractivity contribution in [3.63, 3.8) is 0 Å². The van der Waals surface area contributed by atoms with E-state index in [2.05, 4.69) is 50.7 Å². The minimum Gasteiger partial charge on any atom is -0.0840 e. The molecule has 0 amide bonds. The summed E-state index contributed by atoms with van der Waals surface area (Å²) in [7, 11) is 0. The average Bonchev–Trinajstić information content (AvgIpc) is 2.33. The van der Waals surface area contributed by atoms with Crippen LogP contribution in [0.5, 0.6) is 0 Å². The van der Waals surface area contributed by atoms with E-state index in [0.717, 1.165) is 15.9 Å². The molecule has 0 atom stereocenters. The maximum Gasteiger partial charge on any atom is 0.0458 e. The maximum absolute atomic E-state index is 6.07. The fourth-order valence-electron chi connectivity index (χ4n) is 1.33. The molecule has 2 rings (SSSR count). The first-order valence-corrected chi connectivity index (χ1v) is 5.77. The highest BCUT2D eigenvalue weighted by Gasteiger charge is 2.15. The minimum atomic E-state index is 0.863. The molecule has 1 aromatic rings. The van der Waals surface area contributed by atoms with Crippen LogP contribution >= 0.6 is 50.1 Å². The van der Waals surface area contributed by atoms with Crippen LogP contribution in [0, 0.1) is 0 Å². The van der Waals surface area contributed by atoms with Crippen LogP contribution in [-0.4, -0.2) is 0 Å². The molecule has 12 heavy (non-hydrogen) atoms. The van der Waals surface area contributed by atoms with Crippen molar-refractivity contribution < 1.29 is 0 Å². The lowest BCUT2D eigenvalue weighted by Crippen LogP contribution is -1.84. The minimum absolute atomic E-state index is 0.863. The van der Waals surface area contributed by atoms with Gasteiger partial charge in [-0.3, -0.25) is 0 Å². The molecule has 0 saturated heterocycles. The van der Waals surface area contributed by atoms with E-state index in [0.29, 0.717) is 0 Å². The standard InChI is InChI=1S/C9H5BrClI/c10-5-3-7-6(8(11)4-5)1-2-9(7)12/h2-4H,1H2. The van der Waals surface area contributed by atoms with Crippen molar-refractivity contribution in [2.45, 2.75) is 6.42 Å². The zero-order valence-electron chi connectivity index (χ0n) is 6.07. The third-order valence-corrected chi connectivity index (χ3v) is 3.72. The molecule has 0 saturated carbocycles. The van der Waals surface area contributed by atoms with Crippen molar-refractivity contribution in [3.8, 4) is 0 Å². The van der Waals surface area contributed by atoms with Gasteiger partial charge in [-0.05, 0) is 52.3 Å². The fourth-order valence-corrected chi connectivity index (χ4v) is 2.91. The predicted molar refractivity (Wildman–Crippen MR) is 64.9 cm³/mol. The summed E-state index contributed by atoms with van der Waals surface area (Å²) < 4.78 is 2.35. The molecule has 0 aromatic heterocycles. The normalized spacial score (nSPS) is 14.4. The number of halogens is 3. The van der Waals surface area contributed by atoms with Gasteiger partial charge in [-0.2, -0.15) is 0 Å². The lowest BCUT2D eigenvalue weighted by molar-refractivity contribution is 1.31. The van der Waals surface area contributed by atoms with Gasteiger partial charge in [0.05, 0.1) is 0 Å². The van der Waals surface area contributed by atoms with Crippen molar-refractivity contribution in [2.75, 3.05) is 0 Å². The largest absolute Gasteiger partial charge is 0.0840 e. The quantitative estimate of drug-likeness (QED) is 0.604. The van der Waals surface area contributed by atoms with Gasteiger partial charge < -0.3 is 0 Å². The van der Waals surface area contributed by atoms with E-state index >= 15 is 0 Å². The third kappa shape index (κ3) is 1.44. The van der Waals surface area contributed by atoms with E-state index in [1.807, 2.05) is 6.07 Å². The number of hydrogen-bond acceptors (Lipinski definition) is 0. The molecular formula is C9H5BrClI. The Hall–Kier alpha value is 0.460. The van der Waals surface area contributed by atoms with Gasteiger partial charge >= 0.3 is 0 Å². The summed E-state index contributed by atoms with van der Waals surface area (Å²) in [6.45, 7) is 0. The first-order chi connectivity index (χ1) is 5.68. The lowest BCUT2D eigenvalue weighted by atomic mass is 10.1. The van der Waals surface area contributed by atoms with Gasteiger partial charge in [-0.15, -0.1) is 0 Å². The highest BCUT2D eigenvalue weighted by atomic mass is 127. The summed E-state index contributed by atoms with van der Waals surface area (Å²) in [4.78, 5) is 0. The fraction of sp³-hybridized carbons (Fsp3) is 0.111. The molecule has 0 unspecified atom stereocenters. The van der Waals surface area contributed by atoms with Gasteiger partial charge in [0.2, 0.25) is 0 Å². The van der Waals surface area contributed by atoms with Crippen LogP contribution in [0.2, 0.25) is 5.02 Å². The van der Waals surface area contributed by atoms with E-state index in [9.17, 15) is 0 Å². The number of hydrogen-bond donors (Lipinski definition) is 0. The molecule has 1 aliphatic rings. The van der Waals surface area contributed by atoms with Crippen LogP contribution < -0.4 is 0 Å². The molecule has 0 spiro atoms. The zero-order chi connectivity index (χ0) is 8.72. The molecule has 0 radical (unpaired) electrons. The molecular weight excluding hydrogens is 350 g/mol. The lowest BCUT2D eigenvalue weighted by Gasteiger charge is -2.03. The van der Waals surface area contributed by atoms with Gasteiger partial charge in [0.1, 0.15) is 0 Å². The maximum atomic E-state index is 6.07. The van der Waals surface area contributed by atoms with Crippen LogP contribution in [0.3, 0.4) is 0 Å². The van der Waals surface area contributed by atoms with Crippen LogP contribution in [0.4, 0.5) is 0 Å². The summed E-state index contributed by atoms with van der Waals surface area (Å²) >= 11 is 11.8. The molecule has 0 nitrogen and oxygen atoms in total. The number of fused-ring (bicyclic) bond motifs is 1. The molecule has 0 aliphatic heterocycles.